The number of hydrogen-bond donors (Lipinski definition) is 0. The fourth-order valence-corrected chi connectivity index (χ4v) is 4.02. The molecule has 3 heterocycles. The minimum Gasteiger partial charge on any atom is -0.465 e. The first-order valence-corrected chi connectivity index (χ1v) is 10.1. The molecule has 1 aliphatic heterocycles. The Morgan fingerprint density at radius 2 is 1.85 bits per heavy atom. The van der Waals surface area contributed by atoms with Gasteiger partial charge >= 0.3 is 5.97 Å². The zero-order valence-corrected chi connectivity index (χ0v) is 17.7. The number of pyridine rings is 1. The van der Waals surface area contributed by atoms with E-state index in [0.29, 0.717) is 16.9 Å². The summed E-state index contributed by atoms with van der Waals surface area (Å²) in [6.07, 6.45) is 1.62. The van der Waals surface area contributed by atoms with E-state index in [0.717, 1.165) is 11.6 Å². The second-order valence-corrected chi connectivity index (χ2v) is 7.70. The summed E-state index contributed by atoms with van der Waals surface area (Å²) >= 11 is 0. The number of ether oxygens (including phenoxy) is 1. The Balaban J connectivity index is 1.76. The van der Waals surface area contributed by atoms with E-state index in [2.05, 4.69) is 4.98 Å². The van der Waals surface area contributed by atoms with Crippen LogP contribution in [0.1, 0.15) is 43.6 Å². The summed E-state index contributed by atoms with van der Waals surface area (Å²) in [5, 5.41) is 0.0384. The molecule has 0 bridgehead atoms. The summed E-state index contributed by atoms with van der Waals surface area (Å²) in [6.45, 7) is 1.87. The number of rotatable bonds is 3. The Labute approximate surface area is 187 Å². The third-order valence-electron chi connectivity index (χ3n) is 5.62. The number of esters is 1. The predicted octanol–water partition coefficient (Wildman–Crippen LogP) is 4.17. The molecule has 0 fully saturated rings. The molecular formula is C25H17FN2O5. The van der Waals surface area contributed by atoms with Gasteiger partial charge in [-0.3, -0.25) is 14.5 Å². The van der Waals surface area contributed by atoms with Gasteiger partial charge in [0.1, 0.15) is 17.2 Å². The van der Waals surface area contributed by atoms with Crippen molar-refractivity contribution < 1.29 is 23.1 Å². The SMILES string of the molecule is COC(=O)c1ccc(C2c3c(oc4ccc(F)cc4c3=O)C(=O)N2c2ccc(C)cn2)cc1. The van der Waals surface area contributed by atoms with Crippen LogP contribution in [0.2, 0.25) is 0 Å². The van der Waals surface area contributed by atoms with Crippen LogP contribution in [0.4, 0.5) is 10.2 Å². The number of carbonyl (C=O) groups is 2. The second kappa shape index (κ2) is 7.67. The monoisotopic (exact) mass is 444 g/mol. The van der Waals surface area contributed by atoms with Crippen LogP contribution < -0.4 is 10.3 Å². The van der Waals surface area contributed by atoms with E-state index in [4.69, 9.17) is 9.15 Å². The smallest absolute Gasteiger partial charge is 0.337 e. The molecule has 7 nitrogen and oxygen atoms in total. The van der Waals surface area contributed by atoms with Gasteiger partial charge in [-0.1, -0.05) is 18.2 Å². The van der Waals surface area contributed by atoms with Gasteiger partial charge < -0.3 is 9.15 Å². The van der Waals surface area contributed by atoms with Crippen LogP contribution in [-0.4, -0.2) is 24.0 Å². The number of aryl methyl sites for hydroxylation is 1. The van der Waals surface area contributed by atoms with Gasteiger partial charge in [-0.05, 0) is 54.4 Å². The molecule has 164 valence electrons. The van der Waals surface area contributed by atoms with Crippen molar-refractivity contribution in [1.82, 2.24) is 4.98 Å². The Bertz CT molecular complexity index is 1480. The molecule has 33 heavy (non-hydrogen) atoms. The molecule has 4 aromatic rings. The number of benzene rings is 2. The van der Waals surface area contributed by atoms with Crippen molar-refractivity contribution in [2.45, 2.75) is 13.0 Å². The highest BCUT2D eigenvalue weighted by Crippen LogP contribution is 2.40. The van der Waals surface area contributed by atoms with Crippen molar-refractivity contribution in [3.8, 4) is 0 Å². The van der Waals surface area contributed by atoms with Crippen LogP contribution in [0.5, 0.6) is 0 Å². The van der Waals surface area contributed by atoms with E-state index in [1.807, 2.05) is 6.92 Å². The van der Waals surface area contributed by atoms with Gasteiger partial charge in [-0.2, -0.15) is 0 Å². The molecule has 2 aromatic carbocycles. The minimum absolute atomic E-state index is 0.0384. The first-order chi connectivity index (χ1) is 15.9. The van der Waals surface area contributed by atoms with E-state index >= 15 is 0 Å². The van der Waals surface area contributed by atoms with Gasteiger partial charge in [-0.25, -0.2) is 14.2 Å². The number of methoxy groups -OCH3 is 1. The molecule has 0 spiro atoms. The maximum Gasteiger partial charge on any atom is 0.337 e. The maximum absolute atomic E-state index is 13.9. The van der Waals surface area contributed by atoms with Crippen molar-refractivity contribution >= 4 is 28.7 Å². The summed E-state index contributed by atoms with van der Waals surface area (Å²) < 4.78 is 24.4. The largest absolute Gasteiger partial charge is 0.465 e. The Hall–Kier alpha value is -4.33. The highest BCUT2D eigenvalue weighted by molar-refractivity contribution is 6.10. The molecule has 2 aromatic heterocycles. The van der Waals surface area contributed by atoms with Crippen LogP contribution in [0.3, 0.4) is 0 Å². The van der Waals surface area contributed by atoms with Crippen molar-refractivity contribution in [2.75, 3.05) is 12.0 Å². The molecule has 1 unspecified atom stereocenters. The number of amides is 1. The summed E-state index contributed by atoms with van der Waals surface area (Å²) in [5.41, 5.74) is 1.48. The van der Waals surface area contributed by atoms with Gasteiger partial charge in [-0.15, -0.1) is 0 Å². The summed E-state index contributed by atoms with van der Waals surface area (Å²) in [7, 11) is 1.28. The van der Waals surface area contributed by atoms with Gasteiger partial charge in [0.05, 0.1) is 29.7 Å². The van der Waals surface area contributed by atoms with Gasteiger partial charge in [0.2, 0.25) is 5.76 Å². The van der Waals surface area contributed by atoms with E-state index < -0.39 is 29.2 Å². The average molecular weight is 444 g/mol. The molecule has 1 aliphatic rings. The molecule has 5 rings (SSSR count). The normalized spacial score (nSPS) is 15.1. The number of aromatic nitrogens is 1. The molecule has 0 radical (unpaired) electrons. The van der Waals surface area contributed by atoms with Crippen molar-refractivity contribution in [3.05, 3.63) is 105 Å². The lowest BCUT2D eigenvalue weighted by Gasteiger charge is -2.24. The van der Waals surface area contributed by atoms with E-state index in [-0.39, 0.29) is 22.3 Å². The average Bonchev–Trinajstić information content (AvgIpc) is 3.12. The van der Waals surface area contributed by atoms with Crippen LogP contribution in [0, 0.1) is 12.7 Å². The minimum atomic E-state index is -0.877. The fourth-order valence-electron chi connectivity index (χ4n) is 4.02. The number of nitrogens with zero attached hydrogens (tertiary/aromatic N) is 2. The van der Waals surface area contributed by atoms with Crippen molar-refractivity contribution in [1.29, 1.82) is 0 Å². The van der Waals surface area contributed by atoms with Crippen molar-refractivity contribution in [2.24, 2.45) is 0 Å². The number of halogens is 1. The Morgan fingerprint density at radius 3 is 2.52 bits per heavy atom. The topological polar surface area (TPSA) is 89.7 Å². The summed E-state index contributed by atoms with van der Waals surface area (Å²) in [4.78, 5) is 44.5. The maximum atomic E-state index is 13.9. The van der Waals surface area contributed by atoms with Crippen LogP contribution in [0.15, 0.2) is 70.0 Å². The molecule has 1 atom stereocenters. The lowest BCUT2D eigenvalue weighted by Crippen LogP contribution is -2.30. The lowest BCUT2D eigenvalue weighted by atomic mass is 9.97. The fraction of sp³-hybridized carbons (Fsp3) is 0.120. The molecule has 0 N–H and O–H groups in total. The zero-order valence-electron chi connectivity index (χ0n) is 17.7. The third-order valence-corrected chi connectivity index (χ3v) is 5.62. The predicted molar refractivity (Wildman–Crippen MR) is 118 cm³/mol. The first-order valence-electron chi connectivity index (χ1n) is 10.1. The Kier molecular flexibility index (Phi) is 4.78. The van der Waals surface area contributed by atoms with Crippen molar-refractivity contribution in [3.63, 3.8) is 0 Å². The van der Waals surface area contributed by atoms with Gasteiger partial charge in [0.25, 0.3) is 5.91 Å². The molecule has 8 heteroatoms. The highest BCUT2D eigenvalue weighted by atomic mass is 19.1. The number of fused-ring (bicyclic) bond motifs is 2. The van der Waals surface area contributed by atoms with Crippen LogP contribution in [0.25, 0.3) is 11.0 Å². The van der Waals surface area contributed by atoms with Crippen LogP contribution in [-0.2, 0) is 4.74 Å². The molecular weight excluding hydrogens is 427 g/mol. The Morgan fingerprint density at radius 1 is 1.09 bits per heavy atom. The summed E-state index contributed by atoms with van der Waals surface area (Å²) in [6, 6.07) is 12.6. The van der Waals surface area contributed by atoms with E-state index in [1.165, 1.54) is 24.1 Å². The third kappa shape index (κ3) is 3.27. The molecule has 1 amide bonds. The second-order valence-electron chi connectivity index (χ2n) is 7.70. The zero-order chi connectivity index (χ0) is 23.3. The number of anilines is 1. The highest BCUT2D eigenvalue weighted by Gasteiger charge is 2.44. The molecule has 0 aliphatic carbocycles. The van der Waals surface area contributed by atoms with Crippen LogP contribution >= 0.6 is 0 Å². The molecule has 0 saturated heterocycles. The van der Waals surface area contributed by atoms with Gasteiger partial charge in [0, 0.05) is 6.20 Å². The standard InChI is InChI=1S/C25H17FN2O5/c1-13-3-10-19(27-12-13)28-21(14-4-6-15(7-5-14)25(31)32-2)20-22(29)17-11-16(26)8-9-18(17)33-23(20)24(28)30/h3-12,21H,1-2H3. The molecule has 0 saturated carbocycles. The quantitative estimate of drug-likeness (QED) is 0.441. The lowest BCUT2D eigenvalue weighted by molar-refractivity contribution is 0.0600. The number of carbonyl (C=O) groups excluding carboxylic acids is 2. The van der Waals surface area contributed by atoms with E-state index in [9.17, 15) is 18.8 Å². The first kappa shape index (κ1) is 20.6. The van der Waals surface area contributed by atoms with E-state index in [1.54, 1.807) is 42.6 Å². The van der Waals surface area contributed by atoms with Gasteiger partial charge in [0.15, 0.2) is 5.43 Å². The summed E-state index contributed by atoms with van der Waals surface area (Å²) in [5.74, 6) is -1.43. The number of hydrogen-bond acceptors (Lipinski definition) is 6.